The molecule has 5 rings (SSSR count). The third kappa shape index (κ3) is 4.65. The Morgan fingerprint density at radius 3 is 2.68 bits per heavy atom. The first kappa shape index (κ1) is 22.1. The van der Waals surface area contributed by atoms with Crippen molar-refractivity contribution in [1.82, 2.24) is 20.0 Å². The van der Waals surface area contributed by atoms with E-state index in [1.165, 1.54) is 11.1 Å². The van der Waals surface area contributed by atoms with Gasteiger partial charge in [0.25, 0.3) is 0 Å². The highest BCUT2D eigenvalue weighted by Gasteiger charge is 2.19. The predicted octanol–water partition coefficient (Wildman–Crippen LogP) is 4.87. The number of anilines is 1. The summed E-state index contributed by atoms with van der Waals surface area (Å²) in [5.41, 5.74) is 7.24. The van der Waals surface area contributed by atoms with Gasteiger partial charge < -0.3 is 9.84 Å². The van der Waals surface area contributed by atoms with Gasteiger partial charge in [0.2, 0.25) is 11.8 Å². The summed E-state index contributed by atoms with van der Waals surface area (Å²) >= 11 is 0. The van der Waals surface area contributed by atoms with Crippen molar-refractivity contribution in [3.05, 3.63) is 77.8 Å². The summed E-state index contributed by atoms with van der Waals surface area (Å²) in [5.74, 6) is 0.230. The summed E-state index contributed by atoms with van der Waals surface area (Å²) < 4.78 is 7.33. The van der Waals surface area contributed by atoms with Crippen molar-refractivity contribution in [2.24, 2.45) is 0 Å². The average Bonchev–Trinajstić information content (AvgIpc) is 3.47. The first-order chi connectivity index (χ1) is 16.4. The summed E-state index contributed by atoms with van der Waals surface area (Å²) in [4.78, 5) is 17.1. The van der Waals surface area contributed by atoms with Gasteiger partial charge in [-0.15, -0.1) is 0 Å². The Hall–Kier alpha value is -3.71. The molecule has 0 aliphatic carbocycles. The minimum absolute atomic E-state index is 0.133. The summed E-state index contributed by atoms with van der Waals surface area (Å²) in [6.07, 6.45) is 5.39. The standard InChI is InChI=1S/C27H29N5O2/c1-27(2,3)24-16-26(34-31-24)30-25(33)14-18-4-7-21(8-5-18)32-17-29-22-15-20(6-9-23(22)32)19-10-12-28-13-11-19/h4-10,15-17,28H,11-14H2,1-3H3,(H,30,33). The van der Waals surface area contributed by atoms with Crippen LogP contribution in [0.3, 0.4) is 0 Å². The van der Waals surface area contributed by atoms with Crippen molar-refractivity contribution in [1.29, 1.82) is 0 Å². The zero-order valence-corrected chi connectivity index (χ0v) is 19.8. The van der Waals surface area contributed by atoms with Gasteiger partial charge in [-0.05, 0) is 53.9 Å². The van der Waals surface area contributed by atoms with Crippen molar-refractivity contribution in [3.63, 3.8) is 0 Å². The lowest BCUT2D eigenvalue weighted by Gasteiger charge is -2.14. The second-order valence-electron chi connectivity index (χ2n) is 9.72. The van der Waals surface area contributed by atoms with Gasteiger partial charge in [-0.2, -0.15) is 0 Å². The molecule has 2 N–H and O–H groups in total. The maximum Gasteiger partial charge on any atom is 0.231 e. The minimum atomic E-state index is -0.141. The molecular formula is C27H29N5O2. The Labute approximate surface area is 198 Å². The molecule has 0 saturated heterocycles. The highest BCUT2D eigenvalue weighted by atomic mass is 16.5. The van der Waals surface area contributed by atoms with Crippen LogP contribution in [0, 0.1) is 0 Å². The fourth-order valence-corrected chi connectivity index (χ4v) is 4.13. The maximum absolute atomic E-state index is 12.5. The van der Waals surface area contributed by atoms with Crippen molar-refractivity contribution in [2.45, 2.75) is 39.0 Å². The fourth-order valence-electron chi connectivity index (χ4n) is 4.13. The molecule has 0 radical (unpaired) electrons. The highest BCUT2D eigenvalue weighted by molar-refractivity contribution is 5.91. The van der Waals surface area contributed by atoms with Crippen LogP contribution in [0.2, 0.25) is 0 Å². The lowest BCUT2D eigenvalue weighted by atomic mass is 9.92. The number of fused-ring (bicyclic) bond motifs is 1. The van der Waals surface area contributed by atoms with Crippen molar-refractivity contribution in [2.75, 3.05) is 18.4 Å². The van der Waals surface area contributed by atoms with Crippen LogP contribution in [0.15, 0.2) is 65.5 Å². The Morgan fingerprint density at radius 2 is 1.97 bits per heavy atom. The molecule has 1 aliphatic rings. The number of rotatable bonds is 5. The fraction of sp³-hybridized carbons (Fsp3) is 0.296. The van der Waals surface area contributed by atoms with Crippen LogP contribution < -0.4 is 10.6 Å². The molecule has 2 aromatic carbocycles. The minimum Gasteiger partial charge on any atom is -0.338 e. The monoisotopic (exact) mass is 455 g/mol. The second-order valence-corrected chi connectivity index (χ2v) is 9.72. The number of nitrogens with zero attached hydrogens (tertiary/aromatic N) is 3. The molecule has 0 bridgehead atoms. The molecule has 2 aromatic heterocycles. The van der Waals surface area contributed by atoms with Crippen LogP contribution in [0.1, 0.15) is 44.0 Å². The third-order valence-electron chi connectivity index (χ3n) is 6.10. The van der Waals surface area contributed by atoms with Gasteiger partial charge in [-0.25, -0.2) is 4.98 Å². The number of imidazole rings is 1. The highest BCUT2D eigenvalue weighted by Crippen LogP contribution is 2.26. The molecular weight excluding hydrogens is 426 g/mol. The number of nitrogens with one attached hydrogen (secondary N) is 2. The topological polar surface area (TPSA) is 85.0 Å². The average molecular weight is 456 g/mol. The number of carbonyl (C=O) groups excluding carboxylic acids is 1. The normalized spacial score (nSPS) is 14.3. The van der Waals surface area contributed by atoms with Crippen LogP contribution >= 0.6 is 0 Å². The summed E-state index contributed by atoms with van der Waals surface area (Å²) in [6.45, 7) is 8.08. The van der Waals surface area contributed by atoms with E-state index in [4.69, 9.17) is 4.52 Å². The number of aromatic nitrogens is 3. The predicted molar refractivity (Wildman–Crippen MR) is 134 cm³/mol. The molecule has 0 atom stereocenters. The Kier molecular flexibility index (Phi) is 5.79. The van der Waals surface area contributed by atoms with E-state index in [0.717, 1.165) is 47.5 Å². The van der Waals surface area contributed by atoms with Crippen molar-refractivity contribution in [3.8, 4) is 5.69 Å². The van der Waals surface area contributed by atoms with Gasteiger partial charge in [-0.3, -0.25) is 14.7 Å². The largest absolute Gasteiger partial charge is 0.338 e. The zero-order valence-electron chi connectivity index (χ0n) is 19.8. The molecule has 34 heavy (non-hydrogen) atoms. The Balaban J connectivity index is 1.28. The number of benzene rings is 2. The molecule has 1 aliphatic heterocycles. The summed E-state index contributed by atoms with van der Waals surface area (Å²) in [5, 5.41) is 10.2. The molecule has 3 heterocycles. The van der Waals surface area contributed by atoms with Gasteiger partial charge >= 0.3 is 0 Å². The molecule has 174 valence electrons. The van der Waals surface area contributed by atoms with Crippen LogP contribution in [0.5, 0.6) is 0 Å². The first-order valence-corrected chi connectivity index (χ1v) is 11.6. The van der Waals surface area contributed by atoms with Crippen LogP contribution in [0.25, 0.3) is 22.3 Å². The molecule has 1 amide bonds. The van der Waals surface area contributed by atoms with E-state index in [2.05, 4.69) is 49.6 Å². The molecule has 0 spiro atoms. The van der Waals surface area contributed by atoms with E-state index in [1.54, 1.807) is 6.07 Å². The van der Waals surface area contributed by atoms with Crippen LogP contribution in [-0.4, -0.2) is 33.7 Å². The van der Waals surface area contributed by atoms with Crippen LogP contribution in [0.4, 0.5) is 5.88 Å². The lowest BCUT2D eigenvalue weighted by molar-refractivity contribution is -0.115. The van der Waals surface area contributed by atoms with Crippen LogP contribution in [-0.2, 0) is 16.6 Å². The molecule has 0 fully saturated rings. The zero-order chi connectivity index (χ0) is 23.7. The smallest absolute Gasteiger partial charge is 0.231 e. The number of hydrogen-bond acceptors (Lipinski definition) is 5. The van der Waals surface area contributed by atoms with E-state index in [1.807, 2.05) is 51.4 Å². The quantitative estimate of drug-likeness (QED) is 0.449. The SMILES string of the molecule is CC(C)(C)c1cc(NC(=O)Cc2ccc(-n3cnc4cc(C5=CCNCC5)ccc43)cc2)on1. The van der Waals surface area contributed by atoms with Crippen molar-refractivity contribution < 1.29 is 9.32 Å². The molecule has 0 saturated carbocycles. The molecule has 7 heteroatoms. The van der Waals surface area contributed by atoms with Gasteiger partial charge in [0, 0.05) is 23.7 Å². The summed E-state index contributed by atoms with van der Waals surface area (Å²) in [6, 6.07) is 16.2. The van der Waals surface area contributed by atoms with E-state index in [9.17, 15) is 4.79 Å². The molecule has 0 unspecified atom stereocenters. The van der Waals surface area contributed by atoms with Crippen molar-refractivity contribution >= 4 is 28.4 Å². The molecule has 7 nitrogen and oxygen atoms in total. The van der Waals surface area contributed by atoms with E-state index < -0.39 is 0 Å². The Bertz CT molecular complexity index is 1360. The van der Waals surface area contributed by atoms with E-state index in [0.29, 0.717) is 5.88 Å². The Morgan fingerprint density at radius 1 is 1.15 bits per heavy atom. The van der Waals surface area contributed by atoms with Gasteiger partial charge in [0.1, 0.15) is 6.33 Å². The molecule has 4 aromatic rings. The number of amides is 1. The number of carbonyl (C=O) groups is 1. The van der Waals surface area contributed by atoms with Gasteiger partial charge in [0.15, 0.2) is 0 Å². The summed E-state index contributed by atoms with van der Waals surface area (Å²) in [7, 11) is 0. The third-order valence-corrected chi connectivity index (χ3v) is 6.10. The maximum atomic E-state index is 12.5. The first-order valence-electron chi connectivity index (χ1n) is 11.6. The van der Waals surface area contributed by atoms with Gasteiger partial charge in [-0.1, -0.05) is 50.2 Å². The van der Waals surface area contributed by atoms with E-state index >= 15 is 0 Å². The number of hydrogen-bond donors (Lipinski definition) is 2. The lowest BCUT2D eigenvalue weighted by Crippen LogP contribution is -2.19. The van der Waals surface area contributed by atoms with Gasteiger partial charge in [0.05, 0.1) is 23.1 Å². The van der Waals surface area contributed by atoms with E-state index in [-0.39, 0.29) is 17.7 Å². The second kappa shape index (κ2) is 8.91.